The molecule has 0 radical (unpaired) electrons. The van der Waals surface area contributed by atoms with E-state index in [1.165, 1.54) is 0 Å². The molecule has 0 saturated carbocycles. The first-order chi connectivity index (χ1) is 8.95. The number of likely N-dealkylation sites (N-methyl/N-ethyl adjacent to an activating group) is 1. The normalized spacial score (nSPS) is 12.0. The molecule has 0 aliphatic heterocycles. The maximum absolute atomic E-state index is 11.4. The molecule has 104 valence electrons. The second-order valence-electron chi connectivity index (χ2n) is 4.19. The van der Waals surface area contributed by atoms with Gasteiger partial charge < -0.3 is 10.2 Å². The van der Waals surface area contributed by atoms with Crippen molar-refractivity contribution >= 4 is 11.7 Å². The molecule has 1 aromatic carbocycles. The van der Waals surface area contributed by atoms with Gasteiger partial charge in [0.1, 0.15) is 0 Å². The Balaban J connectivity index is 2.72. The Morgan fingerprint density at radius 2 is 2.05 bits per heavy atom. The van der Waals surface area contributed by atoms with E-state index in [2.05, 4.69) is 0 Å². The summed E-state index contributed by atoms with van der Waals surface area (Å²) in [7, 11) is 1.05. The predicted molar refractivity (Wildman–Crippen MR) is 66.4 cm³/mol. The Hall–Kier alpha value is -1.76. The van der Waals surface area contributed by atoms with E-state index in [0.717, 1.165) is 12.6 Å². The van der Waals surface area contributed by atoms with Crippen molar-refractivity contribution < 1.29 is 25.0 Å². The van der Waals surface area contributed by atoms with Crippen molar-refractivity contribution in [2.45, 2.75) is 18.9 Å². The molecule has 0 heterocycles. The number of carbonyl (C=O) groups excluding carboxylic acids is 2. The minimum absolute atomic E-state index is 0.00767. The largest absolute Gasteiger partial charge is 0.396 e. The summed E-state index contributed by atoms with van der Waals surface area (Å²) >= 11 is 0. The van der Waals surface area contributed by atoms with Crippen LogP contribution in [0.4, 0.5) is 0 Å². The molecular formula is C13H17NO5. The summed E-state index contributed by atoms with van der Waals surface area (Å²) in [5.41, 5.74) is 1.32. The molecule has 1 unspecified atom stereocenters. The topological polar surface area (TPSA) is 98.1 Å². The number of rotatable bonds is 6. The van der Waals surface area contributed by atoms with E-state index in [1.54, 1.807) is 24.3 Å². The van der Waals surface area contributed by atoms with E-state index in [0.29, 0.717) is 12.0 Å². The standard InChI is InChI=1S/C13H17NO5/c1-14(19)13(18)12(17)8-11(16)10-4-2-3-9(7-10)5-6-15/h2-4,7,11,15-16,19H,5-6,8H2,1H3. The second kappa shape index (κ2) is 6.98. The van der Waals surface area contributed by atoms with E-state index in [4.69, 9.17) is 10.3 Å². The first-order valence-electron chi connectivity index (χ1n) is 5.83. The Labute approximate surface area is 110 Å². The Bertz CT molecular complexity index is 458. The molecule has 0 saturated heterocycles. The number of hydrogen-bond acceptors (Lipinski definition) is 5. The van der Waals surface area contributed by atoms with Crippen LogP contribution >= 0.6 is 0 Å². The Kier molecular flexibility index (Phi) is 5.62. The van der Waals surface area contributed by atoms with E-state index < -0.39 is 24.2 Å². The fourth-order valence-corrected chi connectivity index (χ4v) is 1.65. The van der Waals surface area contributed by atoms with Crippen LogP contribution in [-0.2, 0) is 16.0 Å². The third-order valence-corrected chi connectivity index (χ3v) is 2.65. The minimum atomic E-state index is -1.12. The quantitative estimate of drug-likeness (QED) is 0.384. The molecule has 0 fully saturated rings. The number of aliphatic hydroxyl groups is 2. The molecule has 1 aromatic rings. The summed E-state index contributed by atoms with van der Waals surface area (Å²) in [6, 6.07) is 6.79. The zero-order valence-electron chi connectivity index (χ0n) is 10.6. The molecule has 0 aromatic heterocycles. The van der Waals surface area contributed by atoms with Crippen LogP contribution < -0.4 is 0 Å². The van der Waals surface area contributed by atoms with Gasteiger partial charge >= 0.3 is 5.91 Å². The van der Waals surface area contributed by atoms with Gasteiger partial charge in [-0.3, -0.25) is 14.8 Å². The molecule has 1 amide bonds. The smallest absolute Gasteiger partial charge is 0.313 e. The van der Waals surface area contributed by atoms with Crippen molar-refractivity contribution in [3.05, 3.63) is 35.4 Å². The number of hydrogen-bond donors (Lipinski definition) is 3. The Morgan fingerprint density at radius 1 is 1.37 bits per heavy atom. The van der Waals surface area contributed by atoms with Crippen molar-refractivity contribution in [2.24, 2.45) is 0 Å². The number of ketones is 1. The summed E-state index contributed by atoms with van der Waals surface area (Å²) in [5.74, 6) is -1.93. The zero-order chi connectivity index (χ0) is 14.4. The monoisotopic (exact) mass is 267 g/mol. The van der Waals surface area contributed by atoms with Crippen LogP contribution in [0.5, 0.6) is 0 Å². The van der Waals surface area contributed by atoms with Crippen LogP contribution in [0.15, 0.2) is 24.3 Å². The number of benzene rings is 1. The average molecular weight is 267 g/mol. The molecule has 3 N–H and O–H groups in total. The van der Waals surface area contributed by atoms with Crippen molar-refractivity contribution in [3.63, 3.8) is 0 Å². The molecule has 0 aliphatic carbocycles. The molecule has 1 atom stereocenters. The highest BCUT2D eigenvalue weighted by atomic mass is 16.5. The molecule has 0 bridgehead atoms. The Morgan fingerprint density at radius 3 is 2.63 bits per heavy atom. The third-order valence-electron chi connectivity index (χ3n) is 2.65. The lowest BCUT2D eigenvalue weighted by Crippen LogP contribution is -2.31. The molecule has 0 aliphatic rings. The van der Waals surface area contributed by atoms with Gasteiger partial charge in [0.05, 0.1) is 6.10 Å². The van der Waals surface area contributed by atoms with Crippen LogP contribution in [0.3, 0.4) is 0 Å². The third kappa shape index (κ3) is 4.44. The van der Waals surface area contributed by atoms with Gasteiger partial charge in [0.25, 0.3) is 0 Å². The van der Waals surface area contributed by atoms with Gasteiger partial charge in [-0.1, -0.05) is 24.3 Å². The second-order valence-corrected chi connectivity index (χ2v) is 4.19. The highest BCUT2D eigenvalue weighted by Crippen LogP contribution is 2.18. The summed E-state index contributed by atoms with van der Waals surface area (Å²) in [6.45, 7) is -0.00767. The van der Waals surface area contributed by atoms with Crippen molar-refractivity contribution in [1.82, 2.24) is 5.06 Å². The summed E-state index contributed by atoms with van der Waals surface area (Å²) < 4.78 is 0. The maximum Gasteiger partial charge on any atom is 0.313 e. The predicted octanol–water partition coefficient (Wildman–Crippen LogP) is 0.0616. The number of nitrogens with zero attached hydrogens (tertiary/aromatic N) is 1. The summed E-state index contributed by atoms with van der Waals surface area (Å²) in [4.78, 5) is 22.6. The fourth-order valence-electron chi connectivity index (χ4n) is 1.65. The van der Waals surface area contributed by atoms with E-state index in [1.807, 2.05) is 0 Å². The number of hydroxylamine groups is 2. The lowest BCUT2D eigenvalue weighted by atomic mass is 10.0. The minimum Gasteiger partial charge on any atom is -0.396 e. The first kappa shape index (κ1) is 15.3. The van der Waals surface area contributed by atoms with Crippen molar-refractivity contribution in [3.8, 4) is 0 Å². The lowest BCUT2D eigenvalue weighted by Gasteiger charge is -2.12. The molecule has 1 rings (SSSR count). The molecular weight excluding hydrogens is 250 g/mol. The van der Waals surface area contributed by atoms with Crippen LogP contribution in [-0.4, -0.2) is 45.8 Å². The summed E-state index contributed by atoms with van der Waals surface area (Å²) in [6.07, 6.45) is -1.06. The van der Waals surface area contributed by atoms with Crippen molar-refractivity contribution in [2.75, 3.05) is 13.7 Å². The van der Waals surface area contributed by atoms with Crippen molar-refractivity contribution in [1.29, 1.82) is 0 Å². The lowest BCUT2D eigenvalue weighted by molar-refractivity contribution is -0.166. The van der Waals surface area contributed by atoms with E-state index in [-0.39, 0.29) is 11.7 Å². The van der Waals surface area contributed by atoms with E-state index in [9.17, 15) is 14.7 Å². The average Bonchev–Trinajstić information content (AvgIpc) is 2.38. The van der Waals surface area contributed by atoms with Crippen LogP contribution in [0.25, 0.3) is 0 Å². The van der Waals surface area contributed by atoms with Gasteiger partial charge in [0, 0.05) is 20.1 Å². The van der Waals surface area contributed by atoms with Crippen LogP contribution in [0.2, 0.25) is 0 Å². The number of carbonyl (C=O) groups is 2. The number of aliphatic hydroxyl groups excluding tert-OH is 2. The fraction of sp³-hybridized carbons (Fsp3) is 0.385. The highest BCUT2D eigenvalue weighted by Gasteiger charge is 2.21. The van der Waals surface area contributed by atoms with Gasteiger partial charge in [-0.25, -0.2) is 5.06 Å². The zero-order valence-corrected chi connectivity index (χ0v) is 10.6. The first-order valence-corrected chi connectivity index (χ1v) is 5.83. The molecule has 19 heavy (non-hydrogen) atoms. The van der Waals surface area contributed by atoms with Gasteiger partial charge in [-0.2, -0.15) is 0 Å². The van der Waals surface area contributed by atoms with Crippen LogP contribution in [0, 0.1) is 0 Å². The molecule has 0 spiro atoms. The van der Waals surface area contributed by atoms with Gasteiger partial charge in [0.15, 0.2) is 0 Å². The number of amides is 1. The van der Waals surface area contributed by atoms with Gasteiger partial charge in [-0.05, 0) is 17.5 Å². The van der Waals surface area contributed by atoms with Gasteiger partial charge in [-0.15, -0.1) is 0 Å². The molecule has 6 heteroatoms. The van der Waals surface area contributed by atoms with E-state index >= 15 is 0 Å². The van der Waals surface area contributed by atoms with Crippen LogP contribution in [0.1, 0.15) is 23.7 Å². The molecule has 6 nitrogen and oxygen atoms in total. The number of Topliss-reactive ketones (excluding diaryl/α,β-unsaturated/α-hetero) is 1. The van der Waals surface area contributed by atoms with Gasteiger partial charge in [0.2, 0.25) is 5.78 Å². The highest BCUT2D eigenvalue weighted by molar-refractivity contribution is 6.35. The SMILES string of the molecule is CN(O)C(=O)C(=O)CC(O)c1cccc(CCO)c1. The maximum atomic E-state index is 11.4. The summed E-state index contributed by atoms with van der Waals surface area (Å²) in [5, 5.41) is 27.7.